The first-order valence-corrected chi connectivity index (χ1v) is 7.89. The molecule has 0 heterocycles. The Morgan fingerprint density at radius 3 is 2.50 bits per heavy atom. The summed E-state index contributed by atoms with van der Waals surface area (Å²) in [5.74, 6) is -5.43. The minimum absolute atomic E-state index is 0.000414. The van der Waals surface area contributed by atoms with Crippen LogP contribution in [0.5, 0.6) is 0 Å². The second-order valence-corrected chi connectivity index (χ2v) is 6.99. The highest BCUT2D eigenvalue weighted by molar-refractivity contribution is 6.42. The van der Waals surface area contributed by atoms with Gasteiger partial charge in [-0.05, 0) is 24.1 Å². The molecule has 0 amide bonds. The lowest BCUT2D eigenvalue weighted by Crippen LogP contribution is -2.60. The van der Waals surface area contributed by atoms with E-state index in [2.05, 4.69) is 0 Å². The number of fused-ring (bicyclic) bond motifs is 1. The van der Waals surface area contributed by atoms with Crippen LogP contribution in [0.4, 0.5) is 4.39 Å². The lowest BCUT2D eigenvalue weighted by Gasteiger charge is -2.31. The van der Waals surface area contributed by atoms with Crippen LogP contribution in [0.25, 0.3) is 0 Å². The molecule has 0 spiro atoms. The van der Waals surface area contributed by atoms with Crippen LogP contribution in [-0.4, -0.2) is 39.5 Å². The van der Waals surface area contributed by atoms with Gasteiger partial charge in [0.2, 0.25) is 5.67 Å². The standard InChI is InChI=1S/C15H14Cl2FNO5/c16-8-2-1-6(3-9(8)17)5-24-10-4-7-11(14(7,18)12(20)21)15(10,19)13(22)23/h1-3,7,10-11H,4-5,19H2,(H,20,21)(H,22,23)/t7?,10?,11?,14-,15-/m0/s1. The first-order valence-electron chi connectivity index (χ1n) is 7.13. The van der Waals surface area contributed by atoms with Crippen molar-refractivity contribution >= 4 is 35.1 Å². The molecular formula is C15H14Cl2FNO5. The molecule has 2 aliphatic carbocycles. The molecule has 1 aromatic rings. The molecule has 0 aromatic heterocycles. The molecule has 130 valence electrons. The molecule has 3 unspecified atom stereocenters. The summed E-state index contributed by atoms with van der Waals surface area (Å²) in [6, 6.07) is 4.79. The summed E-state index contributed by atoms with van der Waals surface area (Å²) in [5, 5.41) is 19.1. The SMILES string of the molecule is N[C@@]1(C(=O)O)C(OCc2ccc(Cl)c(Cl)c2)CC2C1[C@]2(F)C(=O)O. The number of aliphatic carboxylic acids is 2. The molecule has 24 heavy (non-hydrogen) atoms. The highest BCUT2D eigenvalue weighted by atomic mass is 35.5. The molecule has 0 bridgehead atoms. The zero-order valence-electron chi connectivity index (χ0n) is 12.2. The monoisotopic (exact) mass is 377 g/mol. The van der Waals surface area contributed by atoms with E-state index in [-0.39, 0.29) is 13.0 Å². The van der Waals surface area contributed by atoms with E-state index in [4.69, 9.17) is 38.8 Å². The third kappa shape index (κ3) is 2.30. The van der Waals surface area contributed by atoms with Crippen molar-refractivity contribution < 1.29 is 28.9 Å². The van der Waals surface area contributed by atoms with Gasteiger partial charge in [-0.1, -0.05) is 29.3 Å². The average molecular weight is 378 g/mol. The molecule has 2 saturated carbocycles. The van der Waals surface area contributed by atoms with E-state index in [0.717, 1.165) is 0 Å². The normalized spacial score (nSPS) is 37.1. The molecule has 9 heteroatoms. The number of carboxylic acid groups (broad SMARTS) is 2. The zero-order chi connectivity index (χ0) is 17.9. The van der Waals surface area contributed by atoms with Crippen LogP contribution in [-0.2, 0) is 20.9 Å². The summed E-state index contributed by atoms with van der Waals surface area (Å²) in [6.07, 6.45) is -1.07. The third-order valence-corrected chi connectivity index (χ3v) is 5.67. The van der Waals surface area contributed by atoms with Gasteiger partial charge in [-0.25, -0.2) is 9.18 Å². The van der Waals surface area contributed by atoms with Gasteiger partial charge < -0.3 is 20.7 Å². The van der Waals surface area contributed by atoms with E-state index >= 15 is 0 Å². The fourth-order valence-corrected chi connectivity index (χ4v) is 3.95. The molecule has 1 aromatic carbocycles. The Kier molecular flexibility index (Phi) is 4.03. The molecule has 4 N–H and O–H groups in total. The zero-order valence-corrected chi connectivity index (χ0v) is 13.7. The Hall–Kier alpha value is -1.41. The predicted octanol–water partition coefficient (Wildman–Crippen LogP) is 2.10. The molecule has 0 radical (unpaired) electrons. The maximum atomic E-state index is 14.4. The number of ether oxygens (including phenoxy) is 1. The Morgan fingerprint density at radius 1 is 1.29 bits per heavy atom. The molecule has 0 saturated heterocycles. The number of nitrogens with two attached hydrogens (primary N) is 1. The molecule has 5 atom stereocenters. The van der Waals surface area contributed by atoms with E-state index in [1.54, 1.807) is 18.2 Å². The van der Waals surface area contributed by atoms with Gasteiger partial charge in [0.25, 0.3) is 0 Å². The van der Waals surface area contributed by atoms with Gasteiger partial charge in [0.15, 0.2) is 0 Å². The number of carbonyl (C=O) groups is 2. The Balaban J connectivity index is 1.76. The molecule has 6 nitrogen and oxygen atoms in total. The molecule has 0 aliphatic heterocycles. The van der Waals surface area contributed by atoms with Crippen LogP contribution in [0.2, 0.25) is 10.0 Å². The van der Waals surface area contributed by atoms with Crippen LogP contribution in [0, 0.1) is 11.8 Å². The van der Waals surface area contributed by atoms with E-state index < -0.39 is 41.1 Å². The highest BCUT2D eigenvalue weighted by Crippen LogP contribution is 2.67. The largest absolute Gasteiger partial charge is 0.480 e. The second kappa shape index (κ2) is 5.56. The van der Waals surface area contributed by atoms with Gasteiger partial charge >= 0.3 is 11.9 Å². The molecule has 2 fully saturated rings. The Morgan fingerprint density at radius 2 is 1.96 bits per heavy atom. The number of hydrogen-bond donors (Lipinski definition) is 3. The molecular weight excluding hydrogens is 364 g/mol. The van der Waals surface area contributed by atoms with Gasteiger partial charge in [0.1, 0.15) is 5.54 Å². The quantitative estimate of drug-likeness (QED) is 0.724. The van der Waals surface area contributed by atoms with Crippen molar-refractivity contribution in [3.8, 4) is 0 Å². The van der Waals surface area contributed by atoms with Crippen molar-refractivity contribution in [2.45, 2.75) is 30.3 Å². The average Bonchev–Trinajstić information content (AvgIpc) is 2.98. The number of carboxylic acids is 2. The maximum Gasteiger partial charge on any atom is 0.342 e. The van der Waals surface area contributed by atoms with Gasteiger partial charge in [0, 0.05) is 11.8 Å². The molecule has 3 rings (SSSR count). The summed E-state index contributed by atoms with van der Waals surface area (Å²) < 4.78 is 20.0. The lowest BCUT2D eigenvalue weighted by molar-refractivity contribution is -0.156. The summed E-state index contributed by atoms with van der Waals surface area (Å²) in [6.45, 7) is -0.000414. The van der Waals surface area contributed by atoms with E-state index in [1.165, 1.54) is 0 Å². The van der Waals surface area contributed by atoms with Crippen molar-refractivity contribution in [1.82, 2.24) is 0 Å². The summed E-state index contributed by atoms with van der Waals surface area (Å²) in [5.41, 5.74) is 1.84. The van der Waals surface area contributed by atoms with Crippen molar-refractivity contribution in [3.63, 3.8) is 0 Å². The van der Waals surface area contributed by atoms with Gasteiger partial charge in [-0.3, -0.25) is 4.79 Å². The summed E-state index contributed by atoms with van der Waals surface area (Å²) in [4.78, 5) is 22.7. The van der Waals surface area contributed by atoms with E-state index in [9.17, 15) is 19.1 Å². The number of halogens is 3. The minimum Gasteiger partial charge on any atom is -0.480 e. The second-order valence-electron chi connectivity index (χ2n) is 6.18. The Bertz CT molecular complexity index is 732. The fraction of sp³-hybridized carbons (Fsp3) is 0.467. The maximum absolute atomic E-state index is 14.4. The van der Waals surface area contributed by atoms with E-state index in [1.807, 2.05) is 0 Å². The number of alkyl halides is 1. The molecule has 2 aliphatic rings. The van der Waals surface area contributed by atoms with Gasteiger partial charge in [-0.15, -0.1) is 0 Å². The topological polar surface area (TPSA) is 110 Å². The Labute approximate surface area is 146 Å². The van der Waals surface area contributed by atoms with Crippen LogP contribution in [0.3, 0.4) is 0 Å². The summed E-state index contributed by atoms with van der Waals surface area (Å²) >= 11 is 11.7. The number of hydrogen-bond acceptors (Lipinski definition) is 4. The summed E-state index contributed by atoms with van der Waals surface area (Å²) in [7, 11) is 0. The van der Waals surface area contributed by atoms with Crippen LogP contribution in [0.15, 0.2) is 18.2 Å². The van der Waals surface area contributed by atoms with Crippen molar-refractivity contribution in [3.05, 3.63) is 33.8 Å². The number of benzene rings is 1. The van der Waals surface area contributed by atoms with Gasteiger partial charge in [0.05, 0.1) is 22.8 Å². The van der Waals surface area contributed by atoms with E-state index in [0.29, 0.717) is 15.6 Å². The van der Waals surface area contributed by atoms with Crippen molar-refractivity contribution in [1.29, 1.82) is 0 Å². The van der Waals surface area contributed by atoms with Crippen molar-refractivity contribution in [2.75, 3.05) is 0 Å². The van der Waals surface area contributed by atoms with Crippen molar-refractivity contribution in [2.24, 2.45) is 17.6 Å². The first kappa shape index (κ1) is 17.4. The predicted molar refractivity (Wildman–Crippen MR) is 82.7 cm³/mol. The minimum atomic E-state index is -2.60. The van der Waals surface area contributed by atoms with Gasteiger partial charge in [-0.2, -0.15) is 0 Å². The fourth-order valence-electron chi connectivity index (χ4n) is 3.63. The first-order chi connectivity index (χ1) is 11.1. The van der Waals surface area contributed by atoms with Crippen LogP contribution in [0.1, 0.15) is 12.0 Å². The van der Waals surface area contributed by atoms with Crippen LogP contribution >= 0.6 is 23.2 Å². The number of rotatable bonds is 5. The smallest absolute Gasteiger partial charge is 0.342 e. The lowest BCUT2D eigenvalue weighted by atomic mass is 9.88. The van der Waals surface area contributed by atoms with Crippen LogP contribution < -0.4 is 5.73 Å². The third-order valence-electron chi connectivity index (χ3n) is 4.93. The highest BCUT2D eigenvalue weighted by Gasteiger charge is 2.85.